The molecule has 15 heavy (non-hydrogen) atoms. The Bertz CT molecular complexity index is 343. The lowest BCUT2D eigenvalue weighted by Crippen LogP contribution is -2.00. The third kappa shape index (κ3) is 2.41. The Morgan fingerprint density at radius 2 is 1.93 bits per heavy atom. The van der Waals surface area contributed by atoms with Gasteiger partial charge in [0.05, 0.1) is 13.2 Å². The Balaban J connectivity index is 2.25. The standard InChI is InChI=1S/C12H15BrO2/c1-8(2)9-3-4-10(11(13)7-9)12-14-5-6-15-12/h3-4,7-8,12H,5-6H2,1-2H3. The Labute approximate surface area is 98.7 Å². The van der Waals surface area contributed by atoms with Crippen molar-refractivity contribution in [3.05, 3.63) is 33.8 Å². The van der Waals surface area contributed by atoms with Crippen molar-refractivity contribution in [3.8, 4) is 0 Å². The first kappa shape index (κ1) is 11.1. The van der Waals surface area contributed by atoms with Crippen LogP contribution in [0.5, 0.6) is 0 Å². The SMILES string of the molecule is CC(C)c1ccc(C2OCCO2)c(Br)c1. The fourth-order valence-electron chi connectivity index (χ4n) is 1.63. The van der Waals surface area contributed by atoms with E-state index in [2.05, 4.69) is 48.0 Å². The van der Waals surface area contributed by atoms with Crippen LogP contribution in [-0.4, -0.2) is 13.2 Å². The molecule has 0 N–H and O–H groups in total. The summed E-state index contributed by atoms with van der Waals surface area (Å²) in [6.07, 6.45) is -0.194. The van der Waals surface area contributed by atoms with Crippen molar-refractivity contribution < 1.29 is 9.47 Å². The van der Waals surface area contributed by atoms with E-state index in [4.69, 9.17) is 9.47 Å². The van der Waals surface area contributed by atoms with Crippen molar-refractivity contribution >= 4 is 15.9 Å². The van der Waals surface area contributed by atoms with Crippen LogP contribution in [0.15, 0.2) is 22.7 Å². The topological polar surface area (TPSA) is 18.5 Å². The van der Waals surface area contributed by atoms with Gasteiger partial charge in [0.1, 0.15) is 0 Å². The van der Waals surface area contributed by atoms with E-state index in [0.717, 1.165) is 10.0 Å². The van der Waals surface area contributed by atoms with E-state index in [0.29, 0.717) is 19.1 Å². The lowest BCUT2D eigenvalue weighted by atomic mass is 10.0. The molecule has 1 aromatic carbocycles. The average Bonchev–Trinajstić information content (AvgIpc) is 2.70. The van der Waals surface area contributed by atoms with Crippen LogP contribution in [-0.2, 0) is 9.47 Å². The highest BCUT2D eigenvalue weighted by molar-refractivity contribution is 9.10. The van der Waals surface area contributed by atoms with E-state index in [1.54, 1.807) is 0 Å². The molecule has 0 saturated carbocycles. The molecule has 1 fully saturated rings. The van der Waals surface area contributed by atoms with Crippen LogP contribution in [0, 0.1) is 0 Å². The predicted molar refractivity (Wildman–Crippen MR) is 62.9 cm³/mol. The molecule has 0 aromatic heterocycles. The van der Waals surface area contributed by atoms with Gasteiger partial charge in [-0.25, -0.2) is 0 Å². The van der Waals surface area contributed by atoms with Crippen molar-refractivity contribution in [2.24, 2.45) is 0 Å². The van der Waals surface area contributed by atoms with E-state index in [-0.39, 0.29) is 6.29 Å². The van der Waals surface area contributed by atoms with Crippen molar-refractivity contribution in [1.29, 1.82) is 0 Å². The van der Waals surface area contributed by atoms with Gasteiger partial charge in [-0.3, -0.25) is 0 Å². The van der Waals surface area contributed by atoms with Gasteiger partial charge < -0.3 is 9.47 Å². The first-order valence-corrected chi connectivity index (χ1v) is 6.00. The molecule has 0 atom stereocenters. The van der Waals surface area contributed by atoms with E-state index in [1.807, 2.05) is 0 Å². The number of halogens is 1. The summed E-state index contributed by atoms with van der Waals surface area (Å²) in [6, 6.07) is 6.36. The van der Waals surface area contributed by atoms with Crippen LogP contribution >= 0.6 is 15.9 Å². The third-order valence-corrected chi connectivity index (χ3v) is 3.25. The molecule has 3 heteroatoms. The zero-order valence-corrected chi connectivity index (χ0v) is 10.6. The smallest absolute Gasteiger partial charge is 0.185 e. The summed E-state index contributed by atoms with van der Waals surface area (Å²) >= 11 is 3.57. The van der Waals surface area contributed by atoms with Gasteiger partial charge >= 0.3 is 0 Å². The number of ether oxygens (including phenoxy) is 2. The summed E-state index contributed by atoms with van der Waals surface area (Å²) in [5.74, 6) is 0.542. The van der Waals surface area contributed by atoms with Crippen LogP contribution < -0.4 is 0 Å². The van der Waals surface area contributed by atoms with Crippen LogP contribution in [0.1, 0.15) is 37.2 Å². The Morgan fingerprint density at radius 1 is 1.27 bits per heavy atom. The molecule has 0 bridgehead atoms. The lowest BCUT2D eigenvalue weighted by Gasteiger charge is -2.13. The summed E-state index contributed by atoms with van der Waals surface area (Å²) in [6.45, 7) is 5.74. The summed E-state index contributed by atoms with van der Waals surface area (Å²) in [7, 11) is 0. The Kier molecular flexibility index (Phi) is 3.44. The van der Waals surface area contributed by atoms with Gasteiger partial charge in [-0.05, 0) is 17.5 Å². The molecular formula is C12H15BrO2. The van der Waals surface area contributed by atoms with Crippen molar-refractivity contribution in [1.82, 2.24) is 0 Å². The van der Waals surface area contributed by atoms with Gasteiger partial charge in [0.2, 0.25) is 0 Å². The maximum atomic E-state index is 5.47. The minimum atomic E-state index is -0.194. The van der Waals surface area contributed by atoms with E-state index in [9.17, 15) is 0 Å². The quantitative estimate of drug-likeness (QED) is 0.818. The molecule has 1 aromatic rings. The molecule has 1 aliphatic heterocycles. The first-order valence-electron chi connectivity index (χ1n) is 5.21. The van der Waals surface area contributed by atoms with Gasteiger partial charge in [-0.1, -0.05) is 41.9 Å². The average molecular weight is 271 g/mol. The molecule has 2 rings (SSSR count). The maximum absolute atomic E-state index is 5.47. The van der Waals surface area contributed by atoms with Gasteiger partial charge in [-0.2, -0.15) is 0 Å². The highest BCUT2D eigenvalue weighted by Gasteiger charge is 2.20. The first-order chi connectivity index (χ1) is 7.18. The normalized spacial score (nSPS) is 17.6. The molecule has 1 aliphatic rings. The second-order valence-corrected chi connectivity index (χ2v) is 4.86. The van der Waals surface area contributed by atoms with E-state index >= 15 is 0 Å². The van der Waals surface area contributed by atoms with Gasteiger partial charge in [-0.15, -0.1) is 0 Å². The molecule has 0 aliphatic carbocycles. The molecule has 0 unspecified atom stereocenters. The predicted octanol–water partition coefficient (Wildman–Crippen LogP) is 3.62. The number of benzene rings is 1. The molecule has 1 heterocycles. The molecule has 0 amide bonds. The number of rotatable bonds is 2. The van der Waals surface area contributed by atoms with Gasteiger partial charge in [0.15, 0.2) is 6.29 Å². The highest BCUT2D eigenvalue weighted by Crippen LogP contribution is 2.31. The third-order valence-electron chi connectivity index (χ3n) is 2.57. The molecule has 1 saturated heterocycles. The number of hydrogen-bond acceptors (Lipinski definition) is 2. The van der Waals surface area contributed by atoms with Crippen LogP contribution in [0.3, 0.4) is 0 Å². The van der Waals surface area contributed by atoms with Crippen molar-refractivity contribution in [2.75, 3.05) is 13.2 Å². The second kappa shape index (κ2) is 4.64. The Morgan fingerprint density at radius 3 is 2.47 bits per heavy atom. The fourth-order valence-corrected chi connectivity index (χ4v) is 2.22. The molecule has 82 valence electrons. The summed E-state index contributed by atoms with van der Waals surface area (Å²) < 4.78 is 12.0. The molecule has 2 nitrogen and oxygen atoms in total. The highest BCUT2D eigenvalue weighted by atomic mass is 79.9. The largest absolute Gasteiger partial charge is 0.346 e. The van der Waals surface area contributed by atoms with Gasteiger partial charge in [0.25, 0.3) is 0 Å². The molecule has 0 spiro atoms. The van der Waals surface area contributed by atoms with Crippen molar-refractivity contribution in [2.45, 2.75) is 26.1 Å². The van der Waals surface area contributed by atoms with Crippen molar-refractivity contribution in [3.63, 3.8) is 0 Å². The monoisotopic (exact) mass is 270 g/mol. The fraction of sp³-hybridized carbons (Fsp3) is 0.500. The van der Waals surface area contributed by atoms with E-state index in [1.165, 1.54) is 5.56 Å². The minimum Gasteiger partial charge on any atom is -0.346 e. The van der Waals surface area contributed by atoms with E-state index < -0.39 is 0 Å². The van der Waals surface area contributed by atoms with Gasteiger partial charge in [0, 0.05) is 10.0 Å². The Hall–Kier alpha value is -0.380. The zero-order chi connectivity index (χ0) is 10.8. The van der Waals surface area contributed by atoms with Crippen LogP contribution in [0.2, 0.25) is 0 Å². The maximum Gasteiger partial charge on any atom is 0.185 e. The lowest BCUT2D eigenvalue weighted by molar-refractivity contribution is -0.0446. The van der Waals surface area contributed by atoms with Crippen LogP contribution in [0.4, 0.5) is 0 Å². The molecular weight excluding hydrogens is 256 g/mol. The van der Waals surface area contributed by atoms with Crippen LogP contribution in [0.25, 0.3) is 0 Å². The molecule has 0 radical (unpaired) electrons. The summed E-state index contributed by atoms with van der Waals surface area (Å²) in [5.41, 5.74) is 2.40. The summed E-state index contributed by atoms with van der Waals surface area (Å²) in [4.78, 5) is 0. The minimum absolute atomic E-state index is 0.194. The second-order valence-electron chi connectivity index (χ2n) is 4.01. The zero-order valence-electron chi connectivity index (χ0n) is 9.00. The number of hydrogen-bond donors (Lipinski definition) is 0. The summed E-state index contributed by atoms with van der Waals surface area (Å²) in [5, 5.41) is 0.